The summed E-state index contributed by atoms with van der Waals surface area (Å²) in [5, 5.41) is 19.2. The summed E-state index contributed by atoms with van der Waals surface area (Å²) in [7, 11) is 0. The fourth-order valence-corrected chi connectivity index (χ4v) is 3.55. The Hall–Kier alpha value is -4.66. The van der Waals surface area contributed by atoms with Gasteiger partial charge in [-0.3, -0.25) is 0 Å². The Morgan fingerprint density at radius 2 is 0.562 bits per heavy atom. The van der Waals surface area contributed by atoms with Crippen LogP contribution in [0, 0.1) is 23.7 Å². The fraction of sp³-hybridized carbons (Fsp3) is 0. The molecule has 0 unspecified atom stereocenters. The third-order valence-electron chi connectivity index (χ3n) is 5.24. The van der Waals surface area contributed by atoms with Crippen LogP contribution in [0.15, 0.2) is 97.1 Å². The number of benzene rings is 1. The molecule has 2 heteroatoms. The Kier molecular flexibility index (Phi) is 4.97. The lowest BCUT2D eigenvalue weighted by Gasteiger charge is -1.92. The van der Waals surface area contributed by atoms with Crippen LogP contribution >= 0.6 is 0 Å². The zero-order chi connectivity index (χ0) is 21.9. The van der Waals surface area contributed by atoms with E-state index < -0.39 is 0 Å². The highest BCUT2D eigenvalue weighted by molar-refractivity contribution is 5.71. The fourth-order valence-electron chi connectivity index (χ4n) is 3.55. The summed E-state index contributed by atoms with van der Waals surface area (Å²) >= 11 is 0. The van der Waals surface area contributed by atoms with Crippen LogP contribution in [0.3, 0.4) is 0 Å². The highest BCUT2D eigenvalue weighted by Crippen LogP contribution is 2.29. The van der Waals surface area contributed by atoms with Crippen molar-refractivity contribution in [3.63, 3.8) is 0 Å². The Bertz CT molecular complexity index is 1310. The van der Waals surface area contributed by atoms with Crippen LogP contribution in [-0.4, -0.2) is 10.2 Å². The van der Waals surface area contributed by atoms with Gasteiger partial charge in [0.1, 0.15) is 11.5 Å². The first kappa shape index (κ1) is 19.3. The van der Waals surface area contributed by atoms with Crippen molar-refractivity contribution in [2.24, 2.45) is 0 Å². The normalized spacial score (nSPS) is 10.2. The van der Waals surface area contributed by atoms with Crippen molar-refractivity contribution in [3.8, 4) is 57.4 Å². The molecule has 0 aliphatic heterocycles. The molecule has 0 spiro atoms. The first-order valence-corrected chi connectivity index (χ1v) is 10.2. The third-order valence-corrected chi connectivity index (χ3v) is 5.24. The van der Waals surface area contributed by atoms with Crippen LogP contribution in [-0.2, 0) is 0 Å². The van der Waals surface area contributed by atoms with Gasteiger partial charge in [-0.05, 0) is 95.1 Å². The molecule has 5 rings (SSSR count). The van der Waals surface area contributed by atoms with E-state index in [9.17, 15) is 10.2 Å². The van der Waals surface area contributed by atoms with E-state index >= 15 is 0 Å². The molecule has 4 aliphatic rings. The average molecular weight is 410 g/mol. The SMILES string of the molecule is Oc1cc2ccc(C#Cc3ccc(C#Cc4ccc5cc(O)cc-5cc4)cc3)ccc-2c1. The van der Waals surface area contributed by atoms with Crippen molar-refractivity contribution in [2.45, 2.75) is 0 Å². The third kappa shape index (κ3) is 4.26. The summed E-state index contributed by atoms with van der Waals surface area (Å²) in [6.45, 7) is 0. The van der Waals surface area contributed by atoms with Gasteiger partial charge in [0.05, 0.1) is 0 Å². The van der Waals surface area contributed by atoms with Crippen LogP contribution in [0.2, 0.25) is 0 Å². The first-order valence-electron chi connectivity index (χ1n) is 10.2. The molecule has 0 radical (unpaired) electrons. The molecule has 0 bridgehead atoms. The average Bonchev–Trinajstić information content (AvgIpc) is 3.20. The highest BCUT2D eigenvalue weighted by atomic mass is 16.3. The van der Waals surface area contributed by atoms with Crippen molar-refractivity contribution >= 4 is 0 Å². The van der Waals surface area contributed by atoms with Gasteiger partial charge in [-0.2, -0.15) is 0 Å². The second-order valence-corrected chi connectivity index (χ2v) is 7.57. The number of rotatable bonds is 0. The largest absolute Gasteiger partial charge is 0.508 e. The number of fused-ring (bicyclic) bond motifs is 2. The second kappa shape index (κ2) is 8.23. The predicted octanol–water partition coefficient (Wildman–Crippen LogP) is 6.11. The molecule has 2 nitrogen and oxygen atoms in total. The molecule has 32 heavy (non-hydrogen) atoms. The van der Waals surface area contributed by atoms with Gasteiger partial charge in [-0.15, -0.1) is 0 Å². The van der Waals surface area contributed by atoms with Gasteiger partial charge in [0.2, 0.25) is 0 Å². The molecule has 0 heterocycles. The minimum absolute atomic E-state index is 0.280. The molecule has 0 amide bonds. The maximum absolute atomic E-state index is 9.59. The van der Waals surface area contributed by atoms with Gasteiger partial charge >= 0.3 is 0 Å². The molecule has 4 aliphatic carbocycles. The summed E-state index contributed by atoms with van der Waals surface area (Å²) < 4.78 is 0. The van der Waals surface area contributed by atoms with E-state index in [4.69, 9.17) is 0 Å². The highest BCUT2D eigenvalue weighted by Gasteiger charge is 2.04. The van der Waals surface area contributed by atoms with E-state index in [2.05, 4.69) is 23.7 Å². The Morgan fingerprint density at radius 1 is 0.344 bits per heavy atom. The Balaban J connectivity index is 1.33. The summed E-state index contributed by atoms with van der Waals surface area (Å²) in [4.78, 5) is 0. The van der Waals surface area contributed by atoms with Crippen LogP contribution in [0.4, 0.5) is 0 Å². The lowest BCUT2D eigenvalue weighted by Crippen LogP contribution is -1.78. The van der Waals surface area contributed by atoms with Crippen LogP contribution < -0.4 is 0 Å². The molecule has 150 valence electrons. The quantitative estimate of drug-likeness (QED) is 0.303. The minimum Gasteiger partial charge on any atom is -0.508 e. The van der Waals surface area contributed by atoms with Crippen LogP contribution in [0.5, 0.6) is 11.5 Å². The number of hydrogen-bond acceptors (Lipinski definition) is 2. The second-order valence-electron chi connectivity index (χ2n) is 7.57. The van der Waals surface area contributed by atoms with E-state index in [1.165, 1.54) is 0 Å². The molecule has 1 aromatic rings. The molecule has 0 fully saturated rings. The van der Waals surface area contributed by atoms with Gasteiger partial charge < -0.3 is 10.2 Å². The molecule has 0 saturated carbocycles. The smallest absolute Gasteiger partial charge is 0.116 e. The van der Waals surface area contributed by atoms with E-state index in [1.54, 1.807) is 24.3 Å². The van der Waals surface area contributed by atoms with Crippen molar-refractivity contribution in [2.75, 3.05) is 0 Å². The Morgan fingerprint density at radius 3 is 0.812 bits per heavy atom. The van der Waals surface area contributed by atoms with Gasteiger partial charge in [0.25, 0.3) is 0 Å². The van der Waals surface area contributed by atoms with Crippen molar-refractivity contribution in [1.82, 2.24) is 0 Å². The van der Waals surface area contributed by atoms with Crippen molar-refractivity contribution < 1.29 is 10.2 Å². The summed E-state index contributed by atoms with van der Waals surface area (Å²) in [6.07, 6.45) is 0. The van der Waals surface area contributed by atoms with Gasteiger partial charge in [0.15, 0.2) is 0 Å². The molecule has 0 saturated heterocycles. The van der Waals surface area contributed by atoms with E-state index in [0.717, 1.165) is 44.5 Å². The van der Waals surface area contributed by atoms with Gasteiger partial charge in [0, 0.05) is 22.3 Å². The summed E-state index contributed by atoms with van der Waals surface area (Å²) in [5.74, 6) is 13.3. The molecule has 1 aromatic carbocycles. The lowest BCUT2D eigenvalue weighted by molar-refractivity contribution is 0.477. The predicted molar refractivity (Wildman–Crippen MR) is 128 cm³/mol. The molecular weight excluding hydrogens is 392 g/mol. The minimum atomic E-state index is 0.280. The maximum atomic E-state index is 9.59. The maximum Gasteiger partial charge on any atom is 0.116 e. The monoisotopic (exact) mass is 410 g/mol. The number of hydrogen-bond donors (Lipinski definition) is 2. The van der Waals surface area contributed by atoms with Crippen LogP contribution in [0.1, 0.15) is 22.3 Å². The van der Waals surface area contributed by atoms with E-state index in [0.29, 0.717) is 0 Å². The van der Waals surface area contributed by atoms with Gasteiger partial charge in [-0.25, -0.2) is 0 Å². The zero-order valence-electron chi connectivity index (χ0n) is 17.1. The Labute approximate surface area is 187 Å². The summed E-state index contributed by atoms with van der Waals surface area (Å²) in [5.41, 5.74) is 7.62. The van der Waals surface area contributed by atoms with E-state index in [1.807, 2.05) is 72.8 Å². The standard InChI is InChI=1S/C30H18O2/c31-29-17-25-13-9-23(10-14-26(25)18-29)7-5-21-1-2-22(4-3-21)6-8-24-11-15-27-19-30(32)20-28(27)16-12-24/h1-4,9-20,31-32H. The van der Waals surface area contributed by atoms with Crippen molar-refractivity contribution in [1.29, 1.82) is 0 Å². The molecule has 2 N–H and O–H groups in total. The van der Waals surface area contributed by atoms with Crippen molar-refractivity contribution in [3.05, 3.63) is 119 Å². The number of aromatic hydroxyl groups is 2. The molecular formula is C30H18O2. The molecule has 0 atom stereocenters. The topological polar surface area (TPSA) is 40.5 Å². The van der Waals surface area contributed by atoms with E-state index in [-0.39, 0.29) is 11.5 Å². The zero-order valence-corrected chi connectivity index (χ0v) is 17.1. The summed E-state index contributed by atoms with van der Waals surface area (Å²) in [6, 6.07) is 30.5. The van der Waals surface area contributed by atoms with Crippen LogP contribution in [0.25, 0.3) is 22.3 Å². The molecule has 0 aromatic heterocycles. The first-order chi connectivity index (χ1) is 15.6. The lowest BCUT2D eigenvalue weighted by atomic mass is 10.1. The van der Waals surface area contributed by atoms with Gasteiger partial charge in [-0.1, -0.05) is 47.9 Å².